The highest BCUT2D eigenvalue weighted by atomic mass is 16.2. The van der Waals surface area contributed by atoms with Crippen molar-refractivity contribution >= 4 is 11.6 Å². The first-order chi connectivity index (χ1) is 7.69. The first kappa shape index (κ1) is 11.8. The molecule has 0 saturated carbocycles. The molecule has 0 heterocycles. The third kappa shape index (κ3) is 2.84. The summed E-state index contributed by atoms with van der Waals surface area (Å²) in [5.74, 6) is 1.92. The van der Waals surface area contributed by atoms with Crippen LogP contribution in [0.4, 0.5) is 5.69 Å². The lowest BCUT2D eigenvalue weighted by molar-refractivity contribution is -0.117. The first-order valence-electron chi connectivity index (χ1n) is 4.68. The van der Waals surface area contributed by atoms with Crippen LogP contribution in [0.2, 0.25) is 0 Å². The summed E-state index contributed by atoms with van der Waals surface area (Å²) in [6.45, 7) is 0. The van der Waals surface area contributed by atoms with Crippen LogP contribution < -0.4 is 11.1 Å². The van der Waals surface area contributed by atoms with Gasteiger partial charge >= 0.3 is 0 Å². The van der Waals surface area contributed by atoms with E-state index in [4.69, 9.17) is 17.4 Å². The van der Waals surface area contributed by atoms with E-state index in [1.54, 1.807) is 24.3 Å². The fourth-order valence-corrected chi connectivity index (χ4v) is 1.13. The van der Waals surface area contributed by atoms with Crippen LogP contribution >= 0.6 is 0 Å². The van der Waals surface area contributed by atoms with Gasteiger partial charge in [-0.05, 0) is 12.1 Å². The third-order valence-electron chi connectivity index (χ3n) is 1.98. The van der Waals surface area contributed by atoms with Gasteiger partial charge in [0, 0.05) is 6.42 Å². The summed E-state index contributed by atoms with van der Waals surface area (Å²) < 4.78 is 0. The molecular formula is C12H11N3O. The predicted molar refractivity (Wildman–Crippen MR) is 61.2 cm³/mol. The minimum atomic E-state index is -0.753. The van der Waals surface area contributed by atoms with Crippen LogP contribution in [0.3, 0.4) is 0 Å². The van der Waals surface area contributed by atoms with E-state index in [0.717, 1.165) is 0 Å². The molecular weight excluding hydrogens is 202 g/mol. The quantitative estimate of drug-likeness (QED) is 0.730. The van der Waals surface area contributed by atoms with Crippen LogP contribution in [-0.4, -0.2) is 11.9 Å². The van der Waals surface area contributed by atoms with Crippen molar-refractivity contribution in [1.82, 2.24) is 0 Å². The molecule has 4 nitrogen and oxygen atoms in total. The number of para-hydroxylation sites is 1. The zero-order valence-corrected chi connectivity index (χ0v) is 8.60. The van der Waals surface area contributed by atoms with Crippen LogP contribution in [0.1, 0.15) is 12.0 Å². The van der Waals surface area contributed by atoms with Crippen molar-refractivity contribution in [3.63, 3.8) is 0 Å². The van der Waals surface area contributed by atoms with Crippen LogP contribution in [0, 0.1) is 23.7 Å². The van der Waals surface area contributed by atoms with Gasteiger partial charge in [-0.3, -0.25) is 4.79 Å². The number of anilines is 1. The second kappa shape index (κ2) is 5.55. The van der Waals surface area contributed by atoms with E-state index in [2.05, 4.69) is 11.2 Å². The van der Waals surface area contributed by atoms with Gasteiger partial charge in [-0.2, -0.15) is 5.26 Å². The number of hydrogen-bond donors (Lipinski definition) is 2. The van der Waals surface area contributed by atoms with E-state index in [0.29, 0.717) is 11.3 Å². The molecule has 3 N–H and O–H groups in total. The molecule has 0 fully saturated rings. The fourth-order valence-electron chi connectivity index (χ4n) is 1.13. The molecule has 1 atom stereocenters. The molecule has 0 radical (unpaired) electrons. The van der Waals surface area contributed by atoms with Crippen molar-refractivity contribution in [1.29, 1.82) is 5.26 Å². The molecule has 0 aliphatic carbocycles. The van der Waals surface area contributed by atoms with E-state index >= 15 is 0 Å². The second-order valence-electron chi connectivity index (χ2n) is 3.16. The van der Waals surface area contributed by atoms with E-state index in [-0.39, 0.29) is 12.3 Å². The average Bonchev–Trinajstić information content (AvgIpc) is 2.30. The maximum Gasteiger partial charge on any atom is 0.242 e. The highest BCUT2D eigenvalue weighted by Gasteiger charge is 2.13. The van der Waals surface area contributed by atoms with E-state index in [1.807, 2.05) is 6.07 Å². The minimum absolute atomic E-state index is 0.167. The molecule has 1 rings (SSSR count). The van der Waals surface area contributed by atoms with Crippen molar-refractivity contribution in [2.24, 2.45) is 5.73 Å². The molecule has 16 heavy (non-hydrogen) atoms. The number of rotatable bonds is 3. The Hall–Kier alpha value is -2.30. The van der Waals surface area contributed by atoms with Gasteiger partial charge in [0.2, 0.25) is 5.91 Å². The molecule has 1 amide bonds. The van der Waals surface area contributed by atoms with Crippen molar-refractivity contribution < 1.29 is 4.79 Å². The van der Waals surface area contributed by atoms with E-state index in [1.165, 1.54) is 0 Å². The first-order valence-corrected chi connectivity index (χ1v) is 4.68. The molecule has 0 bridgehead atoms. The predicted octanol–water partition coefficient (Wildman–Crippen LogP) is 0.847. The Labute approximate surface area is 94.1 Å². The number of carbonyl (C=O) groups excluding carboxylic acids is 1. The second-order valence-corrected chi connectivity index (χ2v) is 3.16. The van der Waals surface area contributed by atoms with Gasteiger partial charge in [0.25, 0.3) is 0 Å². The lowest BCUT2D eigenvalue weighted by Crippen LogP contribution is -2.35. The number of nitrogens with zero attached hydrogens (tertiary/aromatic N) is 1. The molecule has 1 aromatic carbocycles. The van der Waals surface area contributed by atoms with E-state index < -0.39 is 6.04 Å². The van der Waals surface area contributed by atoms with Gasteiger partial charge in [-0.1, -0.05) is 12.1 Å². The summed E-state index contributed by atoms with van der Waals surface area (Å²) >= 11 is 0. The Bertz CT molecular complexity index is 468. The fraction of sp³-hybridized carbons (Fsp3) is 0.167. The Morgan fingerprint density at radius 3 is 2.88 bits per heavy atom. The summed E-state index contributed by atoms with van der Waals surface area (Å²) in [6.07, 6.45) is 5.22. The van der Waals surface area contributed by atoms with Crippen molar-refractivity contribution in [3.8, 4) is 18.4 Å². The SMILES string of the molecule is C#CCC(N)C(=O)Nc1ccccc1C#N. The Morgan fingerprint density at radius 2 is 2.25 bits per heavy atom. The number of nitriles is 1. The lowest BCUT2D eigenvalue weighted by Gasteiger charge is -2.10. The summed E-state index contributed by atoms with van der Waals surface area (Å²) in [7, 11) is 0. The van der Waals surface area contributed by atoms with Crippen molar-refractivity contribution in [2.75, 3.05) is 5.32 Å². The Morgan fingerprint density at radius 1 is 1.56 bits per heavy atom. The molecule has 0 aliphatic rings. The highest BCUT2D eigenvalue weighted by molar-refractivity contribution is 5.95. The number of benzene rings is 1. The van der Waals surface area contributed by atoms with Crippen LogP contribution in [0.15, 0.2) is 24.3 Å². The van der Waals surface area contributed by atoms with Crippen molar-refractivity contribution in [2.45, 2.75) is 12.5 Å². The van der Waals surface area contributed by atoms with Crippen LogP contribution in [-0.2, 0) is 4.79 Å². The molecule has 1 aromatic rings. The number of hydrogen-bond acceptors (Lipinski definition) is 3. The Kier molecular flexibility index (Phi) is 4.08. The smallest absolute Gasteiger partial charge is 0.242 e. The normalized spacial score (nSPS) is 10.9. The maximum atomic E-state index is 11.5. The molecule has 80 valence electrons. The zero-order valence-electron chi connectivity index (χ0n) is 8.60. The standard InChI is InChI=1S/C12H11N3O/c1-2-5-10(14)12(16)15-11-7-4-3-6-9(11)8-13/h1,3-4,6-7,10H,5,14H2,(H,15,16). The molecule has 0 aromatic heterocycles. The van der Waals surface area contributed by atoms with Gasteiger partial charge in [-0.15, -0.1) is 12.3 Å². The summed E-state index contributed by atoms with van der Waals surface area (Å²) in [5.41, 5.74) is 6.37. The van der Waals surface area contributed by atoms with E-state index in [9.17, 15) is 4.79 Å². The number of nitrogens with two attached hydrogens (primary N) is 1. The third-order valence-corrected chi connectivity index (χ3v) is 1.98. The Balaban J connectivity index is 2.78. The molecule has 4 heteroatoms. The molecule has 1 unspecified atom stereocenters. The molecule has 0 spiro atoms. The van der Waals surface area contributed by atoms with Gasteiger partial charge in [-0.25, -0.2) is 0 Å². The zero-order chi connectivity index (χ0) is 12.0. The minimum Gasteiger partial charge on any atom is -0.324 e. The topological polar surface area (TPSA) is 78.9 Å². The maximum absolute atomic E-state index is 11.5. The summed E-state index contributed by atoms with van der Waals surface area (Å²) in [4.78, 5) is 11.5. The van der Waals surface area contributed by atoms with Gasteiger partial charge < -0.3 is 11.1 Å². The van der Waals surface area contributed by atoms with Crippen LogP contribution in [0.25, 0.3) is 0 Å². The molecule has 0 saturated heterocycles. The average molecular weight is 213 g/mol. The van der Waals surface area contributed by atoms with Crippen LogP contribution in [0.5, 0.6) is 0 Å². The lowest BCUT2D eigenvalue weighted by atomic mass is 10.1. The number of nitrogens with one attached hydrogen (secondary N) is 1. The number of carbonyl (C=O) groups is 1. The highest BCUT2D eigenvalue weighted by Crippen LogP contribution is 2.13. The van der Waals surface area contributed by atoms with Crippen molar-refractivity contribution in [3.05, 3.63) is 29.8 Å². The number of terminal acetylenes is 1. The summed E-state index contributed by atoms with van der Waals surface area (Å²) in [5, 5.41) is 11.4. The number of amides is 1. The largest absolute Gasteiger partial charge is 0.324 e. The summed E-state index contributed by atoms with van der Waals surface area (Å²) in [6, 6.07) is 7.92. The molecule has 0 aliphatic heterocycles. The van der Waals surface area contributed by atoms with Gasteiger partial charge in [0.05, 0.1) is 17.3 Å². The monoisotopic (exact) mass is 213 g/mol. The van der Waals surface area contributed by atoms with Gasteiger partial charge in [0.1, 0.15) is 6.07 Å². The van der Waals surface area contributed by atoms with Gasteiger partial charge in [0.15, 0.2) is 0 Å².